The van der Waals surface area contributed by atoms with E-state index in [1.165, 1.54) is 0 Å². The monoisotopic (exact) mass is 288 g/mol. The molecule has 0 fully saturated rings. The normalized spacial score (nSPS) is 10.5. The lowest BCUT2D eigenvalue weighted by molar-refractivity contribution is 0.102. The van der Waals surface area contributed by atoms with Crippen LogP contribution in [0.15, 0.2) is 12.4 Å². The van der Waals surface area contributed by atoms with Crippen molar-refractivity contribution in [1.29, 1.82) is 0 Å². The molecule has 0 spiro atoms. The van der Waals surface area contributed by atoms with E-state index in [1.807, 2.05) is 27.9 Å². The van der Waals surface area contributed by atoms with Crippen LogP contribution >= 0.6 is 0 Å². The van der Waals surface area contributed by atoms with E-state index in [-0.39, 0.29) is 5.91 Å². The van der Waals surface area contributed by atoms with Gasteiger partial charge in [0.05, 0.1) is 17.5 Å². The van der Waals surface area contributed by atoms with Crippen molar-refractivity contribution in [2.75, 3.05) is 24.3 Å². The van der Waals surface area contributed by atoms with E-state index in [0.29, 0.717) is 29.6 Å². The zero-order valence-corrected chi connectivity index (χ0v) is 13.0. The van der Waals surface area contributed by atoms with Crippen molar-refractivity contribution in [3.63, 3.8) is 0 Å². The second-order valence-electron chi connectivity index (χ2n) is 5.01. The van der Waals surface area contributed by atoms with Gasteiger partial charge in [-0.15, -0.1) is 0 Å². The molecule has 1 N–H and O–H groups in total. The highest BCUT2D eigenvalue weighted by Crippen LogP contribution is 2.16. The quantitative estimate of drug-likeness (QED) is 0.925. The number of hydrogen-bond donors (Lipinski definition) is 1. The van der Waals surface area contributed by atoms with Crippen LogP contribution in [0.3, 0.4) is 0 Å². The fraction of sp³-hybridized carbons (Fsp3) is 0.429. The van der Waals surface area contributed by atoms with E-state index in [1.54, 1.807) is 28.9 Å². The molecule has 0 aromatic carbocycles. The molecule has 7 heteroatoms. The Labute approximate surface area is 124 Å². The minimum absolute atomic E-state index is 0.226. The smallest absolute Gasteiger partial charge is 0.260 e. The van der Waals surface area contributed by atoms with Gasteiger partial charge in [-0.05, 0) is 20.8 Å². The Hall–Kier alpha value is -2.44. The molecule has 2 aromatic rings. The lowest BCUT2D eigenvalue weighted by Gasteiger charge is -2.13. The van der Waals surface area contributed by atoms with Gasteiger partial charge in [0.25, 0.3) is 5.91 Å². The summed E-state index contributed by atoms with van der Waals surface area (Å²) in [7, 11) is 3.72. The summed E-state index contributed by atoms with van der Waals surface area (Å²) in [6.07, 6.45) is 3.28. The molecule has 2 heterocycles. The lowest BCUT2D eigenvalue weighted by atomic mass is 10.2. The predicted octanol–water partition coefficient (Wildman–Crippen LogP) is 1.63. The molecule has 0 bridgehead atoms. The number of carbonyl (C=O) groups is 1. The van der Waals surface area contributed by atoms with Crippen LogP contribution < -0.4 is 10.2 Å². The average Bonchev–Trinajstić information content (AvgIpc) is 2.79. The number of anilines is 2. The number of carbonyl (C=O) groups excluding carboxylic acids is 1. The standard InChI is InChI=1S/C14H20N6O/c1-6-20-12(9(2)7-16-20)18-13(21)11-8-15-14(19(4)5)17-10(11)3/h7-8H,6H2,1-5H3,(H,18,21). The van der Waals surface area contributed by atoms with E-state index in [9.17, 15) is 4.79 Å². The van der Waals surface area contributed by atoms with Crippen molar-refractivity contribution in [3.8, 4) is 0 Å². The van der Waals surface area contributed by atoms with Crippen LogP contribution in [0.2, 0.25) is 0 Å². The molecule has 0 aliphatic carbocycles. The summed E-state index contributed by atoms with van der Waals surface area (Å²) in [5.41, 5.74) is 2.03. The van der Waals surface area contributed by atoms with Crippen LogP contribution in [0.25, 0.3) is 0 Å². The summed E-state index contributed by atoms with van der Waals surface area (Å²) in [5.74, 6) is 1.06. The third kappa shape index (κ3) is 3.01. The number of hydrogen-bond acceptors (Lipinski definition) is 5. The third-order valence-corrected chi connectivity index (χ3v) is 3.17. The molecule has 112 valence electrons. The Morgan fingerprint density at radius 3 is 2.62 bits per heavy atom. The van der Waals surface area contributed by atoms with Gasteiger partial charge in [-0.25, -0.2) is 14.6 Å². The largest absolute Gasteiger partial charge is 0.347 e. The first kappa shape index (κ1) is 15.0. The molecular weight excluding hydrogens is 268 g/mol. The summed E-state index contributed by atoms with van der Waals surface area (Å²) >= 11 is 0. The predicted molar refractivity (Wildman–Crippen MR) is 81.7 cm³/mol. The van der Waals surface area contributed by atoms with E-state index < -0.39 is 0 Å². The summed E-state index contributed by atoms with van der Waals surface area (Å²) in [6, 6.07) is 0. The van der Waals surface area contributed by atoms with Crippen LogP contribution in [-0.4, -0.2) is 39.8 Å². The van der Waals surface area contributed by atoms with E-state index >= 15 is 0 Å². The van der Waals surface area contributed by atoms with Gasteiger partial charge in [0, 0.05) is 32.4 Å². The maximum absolute atomic E-state index is 12.4. The molecule has 0 aliphatic rings. The second kappa shape index (κ2) is 5.90. The fourth-order valence-electron chi connectivity index (χ4n) is 1.95. The third-order valence-electron chi connectivity index (χ3n) is 3.17. The van der Waals surface area contributed by atoms with Crippen molar-refractivity contribution in [1.82, 2.24) is 19.7 Å². The Balaban J connectivity index is 2.26. The van der Waals surface area contributed by atoms with Gasteiger partial charge < -0.3 is 10.2 Å². The highest BCUT2D eigenvalue weighted by atomic mass is 16.1. The minimum Gasteiger partial charge on any atom is -0.347 e. The molecule has 2 aromatic heterocycles. The zero-order chi connectivity index (χ0) is 15.6. The van der Waals surface area contributed by atoms with Crippen molar-refractivity contribution < 1.29 is 4.79 Å². The summed E-state index contributed by atoms with van der Waals surface area (Å²) < 4.78 is 1.75. The molecule has 0 radical (unpaired) electrons. The highest BCUT2D eigenvalue weighted by molar-refractivity contribution is 6.04. The molecule has 0 unspecified atom stereocenters. The SMILES string of the molecule is CCn1ncc(C)c1NC(=O)c1cnc(N(C)C)nc1C. The maximum atomic E-state index is 12.4. The van der Waals surface area contributed by atoms with Gasteiger partial charge in [-0.1, -0.05) is 0 Å². The molecule has 0 atom stereocenters. The number of aryl methyl sites for hydroxylation is 3. The lowest BCUT2D eigenvalue weighted by Crippen LogP contribution is -2.20. The molecule has 21 heavy (non-hydrogen) atoms. The van der Waals surface area contributed by atoms with Gasteiger partial charge in [0.2, 0.25) is 5.95 Å². The molecule has 0 saturated carbocycles. The second-order valence-corrected chi connectivity index (χ2v) is 5.01. The molecule has 7 nitrogen and oxygen atoms in total. The summed E-state index contributed by atoms with van der Waals surface area (Å²) in [6.45, 7) is 6.38. The number of nitrogens with zero attached hydrogens (tertiary/aromatic N) is 5. The Morgan fingerprint density at radius 2 is 2.05 bits per heavy atom. The van der Waals surface area contributed by atoms with Gasteiger partial charge in [0.1, 0.15) is 5.82 Å². The summed E-state index contributed by atoms with van der Waals surface area (Å²) in [4.78, 5) is 22.7. The fourth-order valence-corrected chi connectivity index (χ4v) is 1.95. The number of rotatable bonds is 4. The zero-order valence-electron chi connectivity index (χ0n) is 13.0. The number of nitrogens with one attached hydrogen (secondary N) is 1. The Morgan fingerprint density at radius 1 is 1.33 bits per heavy atom. The molecular formula is C14H20N6O. The van der Waals surface area contributed by atoms with Crippen LogP contribution in [0.1, 0.15) is 28.5 Å². The van der Waals surface area contributed by atoms with Crippen LogP contribution in [0.4, 0.5) is 11.8 Å². The maximum Gasteiger partial charge on any atom is 0.260 e. The van der Waals surface area contributed by atoms with Crippen LogP contribution in [0, 0.1) is 13.8 Å². The van der Waals surface area contributed by atoms with Crippen molar-refractivity contribution in [3.05, 3.63) is 29.2 Å². The molecule has 1 amide bonds. The van der Waals surface area contributed by atoms with Crippen molar-refractivity contribution >= 4 is 17.7 Å². The topological polar surface area (TPSA) is 75.9 Å². The van der Waals surface area contributed by atoms with Gasteiger partial charge in [0.15, 0.2) is 0 Å². The van der Waals surface area contributed by atoms with Crippen LogP contribution in [0.5, 0.6) is 0 Å². The number of aromatic nitrogens is 4. The van der Waals surface area contributed by atoms with E-state index in [2.05, 4.69) is 20.4 Å². The summed E-state index contributed by atoms with van der Waals surface area (Å²) in [5, 5.41) is 7.09. The van der Waals surface area contributed by atoms with Crippen molar-refractivity contribution in [2.24, 2.45) is 0 Å². The first-order valence-corrected chi connectivity index (χ1v) is 6.78. The van der Waals surface area contributed by atoms with E-state index in [0.717, 1.165) is 5.56 Å². The molecule has 0 aliphatic heterocycles. The first-order chi connectivity index (χ1) is 9.93. The molecule has 2 rings (SSSR count). The van der Waals surface area contributed by atoms with E-state index in [4.69, 9.17) is 0 Å². The van der Waals surface area contributed by atoms with Crippen molar-refractivity contribution in [2.45, 2.75) is 27.3 Å². The minimum atomic E-state index is -0.226. The highest BCUT2D eigenvalue weighted by Gasteiger charge is 2.16. The number of amides is 1. The first-order valence-electron chi connectivity index (χ1n) is 6.78. The Kier molecular flexibility index (Phi) is 4.21. The Bertz CT molecular complexity index is 661. The van der Waals surface area contributed by atoms with Gasteiger partial charge in [-0.2, -0.15) is 5.10 Å². The molecule has 0 saturated heterocycles. The van der Waals surface area contributed by atoms with Gasteiger partial charge in [-0.3, -0.25) is 4.79 Å². The van der Waals surface area contributed by atoms with Crippen LogP contribution in [-0.2, 0) is 6.54 Å². The van der Waals surface area contributed by atoms with Gasteiger partial charge >= 0.3 is 0 Å². The average molecular weight is 288 g/mol.